The molecule has 1 fully saturated rings. The van der Waals surface area contributed by atoms with E-state index < -0.39 is 28.8 Å². The number of carbonyl (C=O) groups excluding carboxylic acids is 2. The van der Waals surface area contributed by atoms with Crippen LogP contribution >= 0.6 is 23.4 Å². The normalized spacial score (nSPS) is 18.6. The fourth-order valence-corrected chi connectivity index (χ4v) is 3.64. The van der Waals surface area contributed by atoms with Crippen LogP contribution in [0.1, 0.15) is 16.4 Å². The number of benzene rings is 2. The molecule has 2 aromatic carbocycles. The van der Waals surface area contributed by atoms with Gasteiger partial charge in [-0.15, -0.1) is 11.8 Å². The van der Waals surface area contributed by atoms with Gasteiger partial charge in [-0.05, 0) is 42.0 Å². The van der Waals surface area contributed by atoms with Crippen LogP contribution in [-0.4, -0.2) is 17.6 Å². The molecule has 1 aliphatic rings. The quantitative estimate of drug-likeness (QED) is 0.703. The molecule has 2 amide bonds. The fraction of sp³-hybridized carbons (Fsp3) is 0.176. The van der Waals surface area contributed by atoms with E-state index >= 15 is 0 Å². The van der Waals surface area contributed by atoms with E-state index in [2.05, 4.69) is 0 Å². The van der Waals surface area contributed by atoms with Crippen LogP contribution in [0.3, 0.4) is 0 Å². The molecule has 130 valence electrons. The average Bonchev–Trinajstić information content (AvgIpc) is 2.56. The number of rotatable bonds is 2. The first-order valence-corrected chi connectivity index (χ1v) is 8.61. The number of hydrogen-bond acceptors (Lipinski definition) is 3. The Morgan fingerprint density at radius 3 is 2.16 bits per heavy atom. The van der Waals surface area contributed by atoms with Crippen molar-refractivity contribution in [3.63, 3.8) is 0 Å². The van der Waals surface area contributed by atoms with Gasteiger partial charge in [0.1, 0.15) is 5.25 Å². The number of hydrogen-bond donors (Lipinski definition) is 0. The number of alkyl halides is 3. The van der Waals surface area contributed by atoms with Gasteiger partial charge < -0.3 is 0 Å². The van der Waals surface area contributed by atoms with Gasteiger partial charge in [0, 0.05) is 5.02 Å². The molecule has 1 atom stereocenters. The highest BCUT2D eigenvalue weighted by molar-refractivity contribution is 8.01. The van der Waals surface area contributed by atoms with Crippen LogP contribution in [0.15, 0.2) is 48.5 Å². The third-order valence-corrected chi connectivity index (χ3v) is 5.17. The summed E-state index contributed by atoms with van der Waals surface area (Å²) in [6.45, 7) is 0. The van der Waals surface area contributed by atoms with Crippen molar-refractivity contribution in [2.45, 2.75) is 11.4 Å². The first-order valence-electron chi connectivity index (χ1n) is 7.18. The zero-order chi connectivity index (χ0) is 18.2. The predicted octanol–water partition coefficient (Wildman–Crippen LogP) is 4.71. The Morgan fingerprint density at radius 2 is 1.60 bits per heavy atom. The molecule has 8 heteroatoms. The first kappa shape index (κ1) is 17.8. The summed E-state index contributed by atoms with van der Waals surface area (Å²) in [5.41, 5.74) is -0.0251. The molecular formula is C17H11ClF3NO2S. The number of anilines is 1. The summed E-state index contributed by atoms with van der Waals surface area (Å²) < 4.78 is 38.0. The number of halogens is 4. The van der Waals surface area contributed by atoms with Crippen molar-refractivity contribution in [2.75, 3.05) is 10.7 Å². The van der Waals surface area contributed by atoms with Crippen molar-refractivity contribution in [1.82, 2.24) is 0 Å². The van der Waals surface area contributed by atoms with Gasteiger partial charge in [-0.2, -0.15) is 13.2 Å². The molecule has 0 aromatic heterocycles. The summed E-state index contributed by atoms with van der Waals surface area (Å²) in [6.07, 6.45) is -4.48. The molecule has 0 spiro atoms. The molecule has 0 bridgehead atoms. The lowest BCUT2D eigenvalue weighted by Gasteiger charge is -2.30. The molecule has 0 unspecified atom stereocenters. The van der Waals surface area contributed by atoms with Crippen LogP contribution in [0.5, 0.6) is 0 Å². The number of thioether (sulfide) groups is 1. The Bertz CT molecular complexity index is 806. The highest BCUT2D eigenvalue weighted by atomic mass is 35.5. The van der Waals surface area contributed by atoms with Crippen molar-refractivity contribution in [3.05, 3.63) is 64.7 Å². The van der Waals surface area contributed by atoms with Crippen LogP contribution in [0.4, 0.5) is 18.9 Å². The van der Waals surface area contributed by atoms with E-state index in [9.17, 15) is 22.8 Å². The lowest BCUT2D eigenvalue weighted by Crippen LogP contribution is -2.44. The Balaban J connectivity index is 1.90. The number of carbonyl (C=O) groups is 2. The van der Waals surface area contributed by atoms with E-state index in [0.717, 1.165) is 29.2 Å². The molecule has 0 saturated carbocycles. The van der Waals surface area contributed by atoms with Gasteiger partial charge in [-0.1, -0.05) is 23.7 Å². The van der Waals surface area contributed by atoms with E-state index in [0.29, 0.717) is 10.6 Å². The van der Waals surface area contributed by atoms with Gasteiger partial charge in [-0.3, -0.25) is 9.59 Å². The molecular weight excluding hydrogens is 375 g/mol. The van der Waals surface area contributed by atoms with E-state index in [4.69, 9.17) is 11.6 Å². The molecule has 1 saturated heterocycles. The number of amides is 2. The van der Waals surface area contributed by atoms with Crippen molar-refractivity contribution < 1.29 is 22.8 Å². The SMILES string of the molecule is O=C1CS[C@@H](c2ccc(Cl)cc2)C(=O)N1c1ccc(C(F)(F)F)cc1. The van der Waals surface area contributed by atoms with Crippen molar-refractivity contribution in [2.24, 2.45) is 0 Å². The minimum Gasteiger partial charge on any atom is -0.273 e. The Kier molecular flexibility index (Phi) is 4.79. The lowest BCUT2D eigenvalue weighted by atomic mass is 10.1. The highest BCUT2D eigenvalue weighted by Gasteiger charge is 2.37. The first-order chi connectivity index (χ1) is 11.8. The Labute approximate surface area is 150 Å². The van der Waals surface area contributed by atoms with Crippen molar-refractivity contribution in [1.29, 1.82) is 0 Å². The smallest absolute Gasteiger partial charge is 0.273 e. The molecule has 0 N–H and O–H groups in total. The summed E-state index contributed by atoms with van der Waals surface area (Å²) in [5.74, 6) is -0.886. The Morgan fingerprint density at radius 1 is 1.00 bits per heavy atom. The van der Waals surface area contributed by atoms with E-state index in [1.165, 1.54) is 11.8 Å². The average molecular weight is 386 g/mol. The van der Waals surface area contributed by atoms with Crippen LogP contribution < -0.4 is 4.90 Å². The second-order valence-corrected chi connectivity index (χ2v) is 6.88. The Hall–Kier alpha value is -1.99. The third-order valence-electron chi connectivity index (χ3n) is 3.69. The topological polar surface area (TPSA) is 37.4 Å². The maximum Gasteiger partial charge on any atom is 0.416 e. The van der Waals surface area contributed by atoms with Gasteiger partial charge in [0.2, 0.25) is 5.91 Å². The minimum atomic E-state index is -4.48. The van der Waals surface area contributed by atoms with Crippen molar-refractivity contribution in [3.8, 4) is 0 Å². The molecule has 0 radical (unpaired) electrons. The molecule has 1 aliphatic heterocycles. The predicted molar refractivity (Wildman–Crippen MR) is 90.6 cm³/mol. The van der Waals surface area contributed by atoms with Gasteiger partial charge in [0.25, 0.3) is 5.91 Å². The summed E-state index contributed by atoms with van der Waals surface area (Å²) in [4.78, 5) is 25.8. The molecule has 0 aliphatic carbocycles. The number of imide groups is 1. The third kappa shape index (κ3) is 3.67. The second kappa shape index (κ2) is 6.72. The lowest BCUT2D eigenvalue weighted by molar-refractivity contribution is -0.137. The largest absolute Gasteiger partial charge is 0.416 e. The van der Waals surface area contributed by atoms with Gasteiger partial charge in [0.15, 0.2) is 0 Å². The van der Waals surface area contributed by atoms with Gasteiger partial charge >= 0.3 is 6.18 Å². The maximum atomic E-state index is 12.7. The standard InChI is InChI=1S/C17H11ClF3NO2S/c18-12-5-1-10(2-6-12)15-16(24)22(14(23)9-25-15)13-7-3-11(4-8-13)17(19,20)21/h1-8,15H,9H2/t15-/m0/s1. The van der Waals surface area contributed by atoms with Crippen LogP contribution in [0.2, 0.25) is 5.02 Å². The zero-order valence-corrected chi connectivity index (χ0v) is 14.2. The monoisotopic (exact) mass is 385 g/mol. The van der Waals surface area contributed by atoms with E-state index in [-0.39, 0.29) is 11.4 Å². The van der Waals surface area contributed by atoms with Gasteiger partial charge in [0.05, 0.1) is 17.0 Å². The summed E-state index contributed by atoms with van der Waals surface area (Å²) in [6, 6.07) is 10.6. The fourth-order valence-electron chi connectivity index (χ4n) is 2.48. The van der Waals surface area contributed by atoms with E-state index in [1.807, 2.05) is 0 Å². The second-order valence-electron chi connectivity index (χ2n) is 5.35. The van der Waals surface area contributed by atoms with Crippen LogP contribution in [0.25, 0.3) is 0 Å². The van der Waals surface area contributed by atoms with Crippen LogP contribution in [0, 0.1) is 0 Å². The van der Waals surface area contributed by atoms with Crippen LogP contribution in [-0.2, 0) is 15.8 Å². The molecule has 1 heterocycles. The summed E-state index contributed by atoms with van der Waals surface area (Å²) in [7, 11) is 0. The highest BCUT2D eigenvalue weighted by Crippen LogP contribution is 2.38. The molecule has 2 aromatic rings. The zero-order valence-electron chi connectivity index (χ0n) is 12.6. The summed E-state index contributed by atoms with van der Waals surface area (Å²) >= 11 is 7.02. The number of nitrogens with zero attached hydrogens (tertiary/aromatic N) is 1. The van der Waals surface area contributed by atoms with E-state index in [1.54, 1.807) is 24.3 Å². The molecule has 25 heavy (non-hydrogen) atoms. The molecule has 3 rings (SSSR count). The maximum absolute atomic E-state index is 12.7. The van der Waals surface area contributed by atoms with Gasteiger partial charge in [-0.25, -0.2) is 4.90 Å². The molecule has 3 nitrogen and oxygen atoms in total. The summed E-state index contributed by atoms with van der Waals surface area (Å²) in [5, 5.41) is -0.0926. The van der Waals surface area contributed by atoms with Crippen molar-refractivity contribution >= 4 is 40.9 Å². The minimum absolute atomic E-state index is 0.0556.